The molecule has 0 spiro atoms. The van der Waals surface area contributed by atoms with Crippen molar-refractivity contribution in [2.24, 2.45) is 5.73 Å². The second-order valence-electron chi connectivity index (χ2n) is 3.07. The Kier molecular flexibility index (Phi) is 4.05. The lowest BCUT2D eigenvalue weighted by Gasteiger charge is -2.10. The van der Waals surface area contributed by atoms with E-state index < -0.39 is 17.8 Å². The van der Waals surface area contributed by atoms with Gasteiger partial charge in [0.05, 0.1) is 7.11 Å². The molecular formula is C10H11ClFNO2. The average Bonchev–Trinajstić information content (AvgIpc) is 2.20. The van der Waals surface area contributed by atoms with Crippen molar-refractivity contribution in [1.82, 2.24) is 0 Å². The molecule has 1 atom stereocenters. The van der Waals surface area contributed by atoms with Gasteiger partial charge in [-0.25, -0.2) is 4.39 Å². The number of hydrogen-bond acceptors (Lipinski definition) is 3. The SMILES string of the molecule is COC(=O)C(N)Cc1ccc(F)cc1Cl. The zero-order valence-electron chi connectivity index (χ0n) is 8.17. The minimum atomic E-state index is -0.780. The van der Waals surface area contributed by atoms with E-state index in [1.54, 1.807) is 0 Å². The monoisotopic (exact) mass is 231 g/mol. The van der Waals surface area contributed by atoms with Crippen LogP contribution in [0.5, 0.6) is 0 Å². The lowest BCUT2D eigenvalue weighted by atomic mass is 10.1. The summed E-state index contributed by atoms with van der Waals surface area (Å²) < 4.78 is 17.2. The molecule has 0 amide bonds. The maximum Gasteiger partial charge on any atom is 0.322 e. The second kappa shape index (κ2) is 5.09. The Morgan fingerprint density at radius 3 is 2.87 bits per heavy atom. The number of halogens is 2. The second-order valence-corrected chi connectivity index (χ2v) is 3.48. The molecule has 0 aliphatic heterocycles. The van der Waals surface area contributed by atoms with Gasteiger partial charge in [0.2, 0.25) is 0 Å². The number of carbonyl (C=O) groups is 1. The van der Waals surface area contributed by atoms with Gasteiger partial charge in [-0.15, -0.1) is 0 Å². The third-order valence-corrected chi connectivity index (χ3v) is 2.31. The van der Waals surface area contributed by atoms with Gasteiger partial charge in [-0.05, 0) is 24.1 Å². The Morgan fingerprint density at radius 1 is 1.67 bits per heavy atom. The molecule has 0 aliphatic carbocycles. The normalized spacial score (nSPS) is 12.3. The van der Waals surface area contributed by atoms with Crippen LogP contribution in [-0.2, 0) is 16.0 Å². The first-order valence-corrected chi connectivity index (χ1v) is 4.69. The van der Waals surface area contributed by atoms with Crippen LogP contribution in [0.25, 0.3) is 0 Å². The average molecular weight is 232 g/mol. The van der Waals surface area contributed by atoms with Crippen LogP contribution in [0.15, 0.2) is 18.2 Å². The van der Waals surface area contributed by atoms with Gasteiger partial charge in [0.1, 0.15) is 11.9 Å². The number of carbonyl (C=O) groups excluding carboxylic acids is 1. The fourth-order valence-electron chi connectivity index (χ4n) is 1.16. The zero-order chi connectivity index (χ0) is 11.4. The quantitative estimate of drug-likeness (QED) is 0.803. The molecule has 0 aromatic heterocycles. The van der Waals surface area contributed by atoms with E-state index in [2.05, 4.69) is 4.74 Å². The minimum absolute atomic E-state index is 0.228. The van der Waals surface area contributed by atoms with Gasteiger partial charge in [-0.2, -0.15) is 0 Å². The van der Waals surface area contributed by atoms with E-state index in [1.807, 2.05) is 0 Å². The molecule has 0 heterocycles. The molecule has 0 aliphatic rings. The molecule has 0 radical (unpaired) electrons. The van der Waals surface area contributed by atoms with Crippen molar-refractivity contribution >= 4 is 17.6 Å². The molecule has 0 saturated carbocycles. The molecule has 15 heavy (non-hydrogen) atoms. The first-order chi connectivity index (χ1) is 7.04. The predicted molar refractivity (Wildman–Crippen MR) is 55.1 cm³/mol. The van der Waals surface area contributed by atoms with E-state index in [4.69, 9.17) is 17.3 Å². The molecular weight excluding hydrogens is 221 g/mol. The zero-order valence-corrected chi connectivity index (χ0v) is 8.92. The molecule has 1 rings (SSSR count). The summed E-state index contributed by atoms with van der Waals surface area (Å²) in [7, 11) is 1.26. The van der Waals surface area contributed by atoms with Gasteiger partial charge in [0.25, 0.3) is 0 Å². The molecule has 1 aromatic carbocycles. The molecule has 0 bridgehead atoms. The van der Waals surface area contributed by atoms with Crippen molar-refractivity contribution < 1.29 is 13.9 Å². The van der Waals surface area contributed by atoms with Crippen molar-refractivity contribution in [1.29, 1.82) is 0 Å². The summed E-state index contributed by atoms with van der Waals surface area (Å²) in [5.74, 6) is -0.939. The number of methoxy groups -OCH3 is 1. The molecule has 5 heteroatoms. The van der Waals surface area contributed by atoms with Gasteiger partial charge in [-0.1, -0.05) is 17.7 Å². The van der Waals surface area contributed by atoms with E-state index in [9.17, 15) is 9.18 Å². The highest BCUT2D eigenvalue weighted by molar-refractivity contribution is 6.31. The molecule has 82 valence electrons. The summed E-state index contributed by atoms with van der Waals surface area (Å²) in [5.41, 5.74) is 6.16. The van der Waals surface area contributed by atoms with Crippen LogP contribution in [0.4, 0.5) is 4.39 Å². The fourth-order valence-corrected chi connectivity index (χ4v) is 1.40. The van der Waals surface area contributed by atoms with Gasteiger partial charge in [0.15, 0.2) is 0 Å². The molecule has 1 aromatic rings. The van der Waals surface area contributed by atoms with Crippen LogP contribution in [0.3, 0.4) is 0 Å². The van der Waals surface area contributed by atoms with Crippen molar-refractivity contribution in [2.75, 3.05) is 7.11 Å². The third kappa shape index (κ3) is 3.18. The largest absolute Gasteiger partial charge is 0.468 e. The summed E-state index contributed by atoms with van der Waals surface area (Å²) >= 11 is 5.77. The smallest absolute Gasteiger partial charge is 0.322 e. The van der Waals surface area contributed by atoms with Gasteiger partial charge in [0, 0.05) is 5.02 Å². The third-order valence-electron chi connectivity index (χ3n) is 1.96. The lowest BCUT2D eigenvalue weighted by Crippen LogP contribution is -2.33. The van der Waals surface area contributed by atoms with E-state index in [1.165, 1.54) is 25.3 Å². The summed E-state index contributed by atoms with van der Waals surface area (Å²) in [6, 6.07) is 3.17. The maximum absolute atomic E-state index is 12.7. The molecule has 1 unspecified atom stereocenters. The first kappa shape index (κ1) is 11.9. The lowest BCUT2D eigenvalue weighted by molar-refractivity contribution is -0.142. The number of hydrogen-bond donors (Lipinski definition) is 1. The number of ether oxygens (including phenoxy) is 1. The Labute approximate surface area is 92.0 Å². The highest BCUT2D eigenvalue weighted by Crippen LogP contribution is 2.18. The molecule has 2 N–H and O–H groups in total. The topological polar surface area (TPSA) is 52.3 Å². The van der Waals surface area contributed by atoms with Gasteiger partial charge in [-0.3, -0.25) is 4.79 Å². The summed E-state index contributed by atoms with van der Waals surface area (Å²) in [6.07, 6.45) is 0.228. The summed E-state index contributed by atoms with van der Waals surface area (Å²) in [6.45, 7) is 0. The van der Waals surface area contributed by atoms with Crippen molar-refractivity contribution in [3.63, 3.8) is 0 Å². The number of benzene rings is 1. The predicted octanol–water partition coefficient (Wildman–Crippen LogP) is 1.52. The molecule has 0 saturated heterocycles. The number of rotatable bonds is 3. The van der Waals surface area contributed by atoms with Gasteiger partial charge < -0.3 is 10.5 Å². The number of nitrogens with two attached hydrogens (primary N) is 1. The minimum Gasteiger partial charge on any atom is -0.468 e. The number of esters is 1. The Balaban J connectivity index is 2.76. The van der Waals surface area contributed by atoms with Crippen LogP contribution in [0.1, 0.15) is 5.56 Å². The van der Waals surface area contributed by atoms with Crippen LogP contribution >= 0.6 is 11.6 Å². The highest BCUT2D eigenvalue weighted by atomic mass is 35.5. The Hall–Kier alpha value is -1.13. The summed E-state index contributed by atoms with van der Waals surface area (Å²) in [4.78, 5) is 11.0. The fraction of sp³-hybridized carbons (Fsp3) is 0.300. The van der Waals surface area contributed by atoms with E-state index in [0.29, 0.717) is 5.56 Å². The van der Waals surface area contributed by atoms with Crippen molar-refractivity contribution in [3.05, 3.63) is 34.6 Å². The van der Waals surface area contributed by atoms with Crippen LogP contribution in [0, 0.1) is 5.82 Å². The Morgan fingerprint density at radius 2 is 2.33 bits per heavy atom. The maximum atomic E-state index is 12.7. The Bertz CT molecular complexity index is 370. The van der Waals surface area contributed by atoms with Crippen molar-refractivity contribution in [2.45, 2.75) is 12.5 Å². The van der Waals surface area contributed by atoms with Crippen molar-refractivity contribution in [3.8, 4) is 0 Å². The molecule has 0 fully saturated rings. The van der Waals surface area contributed by atoms with Crippen LogP contribution < -0.4 is 5.73 Å². The standard InChI is InChI=1S/C10H11ClFNO2/c1-15-10(14)9(13)4-6-2-3-7(12)5-8(6)11/h2-3,5,9H,4,13H2,1H3. The summed E-state index contributed by atoms with van der Waals surface area (Å²) in [5, 5.41) is 0.259. The highest BCUT2D eigenvalue weighted by Gasteiger charge is 2.15. The van der Waals surface area contributed by atoms with E-state index >= 15 is 0 Å². The van der Waals surface area contributed by atoms with Crippen LogP contribution in [0.2, 0.25) is 5.02 Å². The van der Waals surface area contributed by atoms with E-state index in [0.717, 1.165) is 0 Å². The first-order valence-electron chi connectivity index (χ1n) is 4.32. The molecule has 3 nitrogen and oxygen atoms in total. The van der Waals surface area contributed by atoms with E-state index in [-0.39, 0.29) is 11.4 Å². The van der Waals surface area contributed by atoms with Crippen LogP contribution in [-0.4, -0.2) is 19.1 Å². The van der Waals surface area contributed by atoms with Gasteiger partial charge >= 0.3 is 5.97 Å².